The summed E-state index contributed by atoms with van der Waals surface area (Å²) in [6, 6.07) is 2.03. The van der Waals surface area contributed by atoms with Gasteiger partial charge in [-0.3, -0.25) is 4.98 Å². The Kier molecular flexibility index (Phi) is 3.56. The van der Waals surface area contributed by atoms with Gasteiger partial charge in [0.25, 0.3) is 0 Å². The van der Waals surface area contributed by atoms with Crippen LogP contribution in [0.5, 0.6) is 0 Å². The molecule has 0 aliphatic carbocycles. The summed E-state index contributed by atoms with van der Waals surface area (Å²) in [7, 11) is 1.87. The van der Waals surface area contributed by atoms with Gasteiger partial charge in [-0.25, -0.2) is 15.0 Å². The van der Waals surface area contributed by atoms with E-state index in [9.17, 15) is 0 Å². The van der Waals surface area contributed by atoms with Crippen molar-refractivity contribution in [3.05, 3.63) is 35.9 Å². The van der Waals surface area contributed by atoms with E-state index >= 15 is 0 Å². The molecule has 0 atom stereocenters. The lowest BCUT2D eigenvalue weighted by Gasteiger charge is -2.04. The number of nitrogens with one attached hydrogen (secondary N) is 1. The second kappa shape index (κ2) is 5.50. The van der Waals surface area contributed by atoms with Crippen molar-refractivity contribution in [1.29, 1.82) is 0 Å². The fourth-order valence-electron chi connectivity index (χ4n) is 1.65. The molecular formula is C12H11N5S2. The van der Waals surface area contributed by atoms with Crippen molar-refractivity contribution >= 4 is 39.1 Å². The summed E-state index contributed by atoms with van der Waals surface area (Å²) in [6.45, 7) is 0. The Labute approximate surface area is 118 Å². The van der Waals surface area contributed by atoms with Crippen molar-refractivity contribution in [2.75, 3.05) is 12.4 Å². The van der Waals surface area contributed by atoms with Gasteiger partial charge >= 0.3 is 0 Å². The quantitative estimate of drug-likeness (QED) is 0.745. The van der Waals surface area contributed by atoms with Crippen molar-refractivity contribution in [3.8, 4) is 0 Å². The Morgan fingerprint density at radius 2 is 2.26 bits per heavy atom. The smallest absolute Gasteiger partial charge is 0.142 e. The number of rotatable bonds is 4. The molecule has 3 aromatic rings. The molecular weight excluding hydrogens is 278 g/mol. The first-order valence-electron chi connectivity index (χ1n) is 5.67. The molecule has 0 spiro atoms. The minimum atomic E-state index is 0.682. The normalized spacial score (nSPS) is 10.8. The summed E-state index contributed by atoms with van der Waals surface area (Å²) < 4.78 is 0. The largest absolute Gasteiger partial charge is 0.372 e. The van der Waals surface area contributed by atoms with Gasteiger partial charge in [0.15, 0.2) is 0 Å². The molecule has 0 saturated heterocycles. The highest BCUT2D eigenvalue weighted by Crippen LogP contribution is 2.26. The fourth-order valence-corrected chi connectivity index (χ4v) is 3.11. The average molecular weight is 289 g/mol. The number of nitrogens with zero attached hydrogens (tertiary/aromatic N) is 4. The standard InChI is InChI=1S/C12H11N5S2/c1-13-11-8-2-5-18-12(8)17-9(16-11)7-19-10-6-14-3-4-15-10/h2-6H,7H2,1H3,(H,13,16,17). The molecule has 0 aliphatic heterocycles. The van der Waals surface area contributed by atoms with Crippen molar-refractivity contribution in [2.24, 2.45) is 0 Å². The summed E-state index contributed by atoms with van der Waals surface area (Å²) in [5.74, 6) is 2.36. The topological polar surface area (TPSA) is 63.6 Å². The van der Waals surface area contributed by atoms with E-state index in [1.807, 2.05) is 18.5 Å². The Balaban J connectivity index is 1.85. The lowest BCUT2D eigenvalue weighted by molar-refractivity contribution is 1.04. The van der Waals surface area contributed by atoms with E-state index < -0.39 is 0 Å². The van der Waals surface area contributed by atoms with Gasteiger partial charge in [0.2, 0.25) is 0 Å². The molecule has 0 aromatic carbocycles. The number of aromatic nitrogens is 4. The van der Waals surface area contributed by atoms with E-state index in [0.29, 0.717) is 5.75 Å². The fraction of sp³-hybridized carbons (Fsp3) is 0.167. The number of hydrogen-bond acceptors (Lipinski definition) is 7. The molecule has 0 unspecified atom stereocenters. The van der Waals surface area contributed by atoms with Crippen molar-refractivity contribution in [1.82, 2.24) is 19.9 Å². The van der Waals surface area contributed by atoms with Crippen LogP contribution in [0, 0.1) is 0 Å². The monoisotopic (exact) mass is 289 g/mol. The van der Waals surface area contributed by atoms with Gasteiger partial charge in [-0.05, 0) is 11.4 Å². The number of anilines is 1. The molecule has 7 heteroatoms. The molecule has 19 heavy (non-hydrogen) atoms. The van der Waals surface area contributed by atoms with Crippen LogP contribution < -0.4 is 5.32 Å². The van der Waals surface area contributed by atoms with Gasteiger partial charge in [0.1, 0.15) is 21.5 Å². The van der Waals surface area contributed by atoms with E-state index in [4.69, 9.17) is 0 Å². The molecule has 0 bridgehead atoms. The first-order valence-corrected chi connectivity index (χ1v) is 7.54. The zero-order valence-electron chi connectivity index (χ0n) is 10.2. The minimum absolute atomic E-state index is 0.682. The van der Waals surface area contributed by atoms with Crippen LogP contribution in [-0.2, 0) is 5.75 Å². The van der Waals surface area contributed by atoms with Crippen molar-refractivity contribution < 1.29 is 0 Å². The molecule has 96 valence electrons. The number of hydrogen-bond donors (Lipinski definition) is 1. The molecule has 0 aliphatic rings. The lowest BCUT2D eigenvalue weighted by Crippen LogP contribution is -1.99. The van der Waals surface area contributed by atoms with Gasteiger partial charge in [-0.15, -0.1) is 11.3 Å². The lowest BCUT2D eigenvalue weighted by atomic mass is 10.4. The van der Waals surface area contributed by atoms with Crippen LogP contribution >= 0.6 is 23.1 Å². The van der Waals surface area contributed by atoms with Crippen LogP contribution in [0.2, 0.25) is 0 Å². The van der Waals surface area contributed by atoms with Gasteiger partial charge in [0, 0.05) is 19.4 Å². The summed E-state index contributed by atoms with van der Waals surface area (Å²) >= 11 is 3.21. The number of thioether (sulfide) groups is 1. The molecule has 0 radical (unpaired) electrons. The molecule has 3 heterocycles. The molecule has 5 nitrogen and oxygen atoms in total. The third-order valence-corrected chi connectivity index (χ3v) is 4.21. The molecule has 0 fully saturated rings. The maximum atomic E-state index is 4.56. The summed E-state index contributed by atoms with van der Waals surface area (Å²) in [4.78, 5) is 18.3. The zero-order chi connectivity index (χ0) is 13.1. The van der Waals surface area contributed by atoms with Crippen LogP contribution in [-0.4, -0.2) is 27.0 Å². The highest BCUT2D eigenvalue weighted by molar-refractivity contribution is 7.98. The predicted octanol–water partition coefficient (Wildman–Crippen LogP) is 2.82. The third kappa shape index (κ3) is 2.66. The number of thiophene rings is 1. The van der Waals surface area contributed by atoms with Gasteiger partial charge in [-0.1, -0.05) is 11.8 Å². The van der Waals surface area contributed by atoms with Gasteiger partial charge in [0.05, 0.1) is 17.3 Å². The molecule has 3 aromatic heterocycles. The maximum Gasteiger partial charge on any atom is 0.142 e. The van der Waals surface area contributed by atoms with E-state index in [0.717, 1.165) is 26.9 Å². The van der Waals surface area contributed by atoms with E-state index in [2.05, 4.69) is 25.3 Å². The third-order valence-electron chi connectivity index (χ3n) is 2.50. The Morgan fingerprint density at radius 3 is 3.05 bits per heavy atom. The van der Waals surface area contributed by atoms with Crippen LogP contribution in [0.25, 0.3) is 10.2 Å². The Bertz CT molecular complexity index is 683. The second-order valence-electron chi connectivity index (χ2n) is 3.71. The van der Waals surface area contributed by atoms with Crippen molar-refractivity contribution in [3.63, 3.8) is 0 Å². The van der Waals surface area contributed by atoms with Crippen LogP contribution in [0.15, 0.2) is 35.1 Å². The highest BCUT2D eigenvalue weighted by atomic mass is 32.2. The Hall–Kier alpha value is -1.73. The zero-order valence-corrected chi connectivity index (χ0v) is 11.8. The molecule has 1 N–H and O–H groups in total. The molecule has 3 rings (SSSR count). The SMILES string of the molecule is CNc1nc(CSc2cnccn2)nc2sccc12. The minimum Gasteiger partial charge on any atom is -0.372 e. The van der Waals surface area contributed by atoms with Gasteiger partial charge < -0.3 is 5.32 Å². The summed E-state index contributed by atoms with van der Waals surface area (Å²) in [5.41, 5.74) is 0. The first-order chi connectivity index (χ1) is 9.36. The predicted molar refractivity (Wildman–Crippen MR) is 78.6 cm³/mol. The second-order valence-corrected chi connectivity index (χ2v) is 5.60. The van der Waals surface area contributed by atoms with Crippen LogP contribution in [0.3, 0.4) is 0 Å². The van der Waals surface area contributed by atoms with Crippen molar-refractivity contribution in [2.45, 2.75) is 10.8 Å². The van der Waals surface area contributed by atoms with E-state index in [-0.39, 0.29) is 0 Å². The van der Waals surface area contributed by atoms with Gasteiger partial charge in [-0.2, -0.15) is 0 Å². The van der Waals surface area contributed by atoms with Crippen LogP contribution in [0.1, 0.15) is 5.82 Å². The van der Waals surface area contributed by atoms with Crippen LogP contribution in [0.4, 0.5) is 5.82 Å². The summed E-state index contributed by atoms with van der Waals surface area (Å²) in [6.07, 6.45) is 5.09. The Morgan fingerprint density at radius 1 is 1.32 bits per heavy atom. The molecule has 0 saturated carbocycles. The number of fused-ring (bicyclic) bond motifs is 1. The maximum absolute atomic E-state index is 4.56. The highest BCUT2D eigenvalue weighted by Gasteiger charge is 2.08. The average Bonchev–Trinajstić information content (AvgIpc) is 2.93. The molecule has 0 amide bonds. The first kappa shape index (κ1) is 12.3. The van der Waals surface area contributed by atoms with E-state index in [1.165, 1.54) is 0 Å². The van der Waals surface area contributed by atoms with E-state index in [1.54, 1.807) is 41.7 Å². The summed E-state index contributed by atoms with van der Waals surface area (Å²) in [5, 5.41) is 7.09.